The molecule has 0 bridgehead atoms. The van der Waals surface area contributed by atoms with Crippen LogP contribution in [-0.4, -0.2) is 17.8 Å². The summed E-state index contributed by atoms with van der Waals surface area (Å²) in [5.41, 5.74) is 13.0. The third-order valence-corrected chi connectivity index (χ3v) is 3.25. The number of aliphatic imine (C=N–C) groups is 1. The largest absolute Gasteiger partial charge is 0.397 e. The van der Waals surface area contributed by atoms with Gasteiger partial charge in [-0.1, -0.05) is 18.2 Å². The second-order valence-electron chi connectivity index (χ2n) is 5.03. The molecule has 106 valence electrons. The van der Waals surface area contributed by atoms with E-state index in [0.717, 1.165) is 23.6 Å². The molecule has 5 heteroatoms. The van der Waals surface area contributed by atoms with Crippen LogP contribution >= 0.6 is 0 Å². The van der Waals surface area contributed by atoms with Crippen LogP contribution in [0.15, 0.2) is 63.9 Å². The van der Waals surface area contributed by atoms with Gasteiger partial charge in [0.2, 0.25) is 0 Å². The molecule has 0 aromatic rings. The van der Waals surface area contributed by atoms with Crippen molar-refractivity contribution in [1.29, 1.82) is 0 Å². The van der Waals surface area contributed by atoms with E-state index in [1.807, 2.05) is 25.2 Å². The zero-order valence-electron chi connectivity index (χ0n) is 11.4. The quantitative estimate of drug-likeness (QED) is 0.779. The number of halogens is 2. The molecule has 2 rings (SSSR count). The normalized spacial score (nSPS) is 28.2. The lowest BCUT2D eigenvalue weighted by Gasteiger charge is -2.34. The number of hydrogen-bond acceptors (Lipinski definition) is 3. The highest BCUT2D eigenvalue weighted by Crippen LogP contribution is 2.33. The second kappa shape index (κ2) is 4.83. The first kappa shape index (κ1) is 14.4. The van der Waals surface area contributed by atoms with E-state index in [0.29, 0.717) is 0 Å². The molecule has 1 heterocycles. The van der Waals surface area contributed by atoms with Crippen LogP contribution < -0.4 is 11.5 Å². The van der Waals surface area contributed by atoms with Crippen molar-refractivity contribution in [2.75, 3.05) is 0 Å². The third-order valence-electron chi connectivity index (χ3n) is 3.25. The molecule has 0 aromatic heterocycles. The summed E-state index contributed by atoms with van der Waals surface area (Å²) in [6, 6.07) is 0. The standard InChI is InChI=1S/C15H17F2N3/c1-10-8-15(19)12(9-20-15)7-11(10)5-3-4-6-13(18)14(2,16)17/h3-9H,18-19H2,1-2H3/b4-3-,11-5-,13-6-/t15-/m0/s1. The summed E-state index contributed by atoms with van der Waals surface area (Å²) in [4.78, 5) is 4.11. The van der Waals surface area contributed by atoms with Gasteiger partial charge in [-0.15, -0.1) is 0 Å². The maximum Gasteiger partial charge on any atom is 0.284 e. The van der Waals surface area contributed by atoms with Gasteiger partial charge in [-0.3, -0.25) is 10.7 Å². The average molecular weight is 277 g/mol. The maximum absolute atomic E-state index is 12.8. The number of hydrogen-bond donors (Lipinski definition) is 2. The molecule has 1 aliphatic carbocycles. The summed E-state index contributed by atoms with van der Waals surface area (Å²) in [6.45, 7) is 2.69. The molecule has 0 saturated heterocycles. The number of allylic oxidation sites excluding steroid dienone is 8. The Bertz CT molecular complexity index is 601. The molecule has 0 aromatic carbocycles. The Hall–Kier alpha value is -2.01. The summed E-state index contributed by atoms with van der Waals surface area (Å²) < 4.78 is 25.6. The number of alkyl halides is 2. The Balaban J connectivity index is 2.13. The van der Waals surface area contributed by atoms with E-state index in [1.54, 1.807) is 12.3 Å². The number of rotatable bonds is 3. The summed E-state index contributed by atoms with van der Waals surface area (Å²) in [6.07, 6.45) is 11.7. The van der Waals surface area contributed by atoms with E-state index in [9.17, 15) is 8.78 Å². The monoisotopic (exact) mass is 277 g/mol. The van der Waals surface area contributed by atoms with Gasteiger partial charge in [-0.25, -0.2) is 8.78 Å². The van der Waals surface area contributed by atoms with Gasteiger partial charge in [0.1, 0.15) is 0 Å². The van der Waals surface area contributed by atoms with Crippen LogP contribution in [0.1, 0.15) is 13.8 Å². The number of nitrogens with two attached hydrogens (primary N) is 2. The van der Waals surface area contributed by atoms with Crippen molar-refractivity contribution in [2.24, 2.45) is 16.5 Å². The molecule has 0 spiro atoms. The Labute approximate surface area is 116 Å². The molecule has 2 aliphatic rings. The van der Waals surface area contributed by atoms with Gasteiger partial charge in [0, 0.05) is 18.7 Å². The molecule has 0 unspecified atom stereocenters. The number of fused-ring (bicyclic) bond motifs is 1. The van der Waals surface area contributed by atoms with Crippen molar-refractivity contribution in [2.45, 2.75) is 25.4 Å². The van der Waals surface area contributed by atoms with Crippen molar-refractivity contribution >= 4 is 6.21 Å². The summed E-state index contributed by atoms with van der Waals surface area (Å²) in [5.74, 6) is -3.00. The van der Waals surface area contributed by atoms with Gasteiger partial charge in [-0.2, -0.15) is 0 Å². The first-order valence-electron chi connectivity index (χ1n) is 6.21. The van der Waals surface area contributed by atoms with E-state index < -0.39 is 17.3 Å². The van der Waals surface area contributed by atoms with Crippen molar-refractivity contribution in [1.82, 2.24) is 0 Å². The van der Waals surface area contributed by atoms with Crippen molar-refractivity contribution < 1.29 is 8.78 Å². The minimum absolute atomic E-state index is 0.464. The molecule has 0 fully saturated rings. The van der Waals surface area contributed by atoms with Crippen molar-refractivity contribution in [3.05, 3.63) is 58.9 Å². The molecule has 4 N–H and O–H groups in total. The van der Waals surface area contributed by atoms with Crippen LogP contribution in [0.4, 0.5) is 8.78 Å². The molecule has 1 aliphatic heterocycles. The fourth-order valence-corrected chi connectivity index (χ4v) is 1.90. The maximum atomic E-state index is 12.8. The van der Waals surface area contributed by atoms with E-state index in [1.165, 1.54) is 12.2 Å². The third kappa shape index (κ3) is 2.77. The molecular formula is C15H17F2N3. The predicted molar refractivity (Wildman–Crippen MR) is 77.4 cm³/mol. The first-order chi connectivity index (χ1) is 9.22. The van der Waals surface area contributed by atoms with Crippen molar-refractivity contribution in [3.63, 3.8) is 0 Å². The molecule has 0 amide bonds. The Morgan fingerprint density at radius 1 is 1.40 bits per heavy atom. The van der Waals surface area contributed by atoms with Gasteiger partial charge >= 0.3 is 0 Å². The summed E-state index contributed by atoms with van der Waals surface area (Å²) in [5, 5.41) is 0. The first-order valence-corrected chi connectivity index (χ1v) is 6.21. The molecule has 1 atom stereocenters. The van der Waals surface area contributed by atoms with Gasteiger partial charge in [0.15, 0.2) is 5.66 Å². The summed E-state index contributed by atoms with van der Waals surface area (Å²) >= 11 is 0. The molecular weight excluding hydrogens is 260 g/mol. The molecule has 0 saturated carbocycles. The van der Waals surface area contributed by atoms with E-state index in [2.05, 4.69) is 4.99 Å². The van der Waals surface area contributed by atoms with Gasteiger partial charge < -0.3 is 5.73 Å². The van der Waals surface area contributed by atoms with Gasteiger partial charge in [0.05, 0.1) is 5.70 Å². The second-order valence-corrected chi connectivity index (χ2v) is 5.03. The predicted octanol–water partition coefficient (Wildman–Crippen LogP) is 2.59. The molecule has 0 radical (unpaired) electrons. The Kier molecular flexibility index (Phi) is 3.48. The lowest BCUT2D eigenvalue weighted by atomic mass is 9.84. The summed E-state index contributed by atoms with van der Waals surface area (Å²) in [7, 11) is 0. The van der Waals surface area contributed by atoms with E-state index in [4.69, 9.17) is 11.5 Å². The molecule has 20 heavy (non-hydrogen) atoms. The van der Waals surface area contributed by atoms with Crippen LogP contribution in [0, 0.1) is 0 Å². The zero-order chi connectivity index (χ0) is 15.0. The number of nitrogens with zero attached hydrogens (tertiary/aromatic N) is 1. The topological polar surface area (TPSA) is 64.4 Å². The highest BCUT2D eigenvalue weighted by molar-refractivity contribution is 5.92. The van der Waals surface area contributed by atoms with Crippen LogP contribution in [0.25, 0.3) is 0 Å². The van der Waals surface area contributed by atoms with Crippen LogP contribution in [0.3, 0.4) is 0 Å². The average Bonchev–Trinajstić information content (AvgIpc) is 2.33. The minimum atomic E-state index is -3.00. The van der Waals surface area contributed by atoms with Crippen LogP contribution in [-0.2, 0) is 0 Å². The Morgan fingerprint density at radius 3 is 2.65 bits per heavy atom. The highest BCUT2D eigenvalue weighted by Gasteiger charge is 2.34. The van der Waals surface area contributed by atoms with Crippen LogP contribution in [0.2, 0.25) is 0 Å². The molecule has 3 nitrogen and oxygen atoms in total. The van der Waals surface area contributed by atoms with Crippen molar-refractivity contribution in [3.8, 4) is 0 Å². The minimum Gasteiger partial charge on any atom is -0.397 e. The highest BCUT2D eigenvalue weighted by atomic mass is 19.3. The van der Waals surface area contributed by atoms with Gasteiger partial charge in [0.25, 0.3) is 5.92 Å². The smallest absolute Gasteiger partial charge is 0.284 e. The zero-order valence-corrected chi connectivity index (χ0v) is 11.4. The fourth-order valence-electron chi connectivity index (χ4n) is 1.90. The fraction of sp³-hybridized carbons (Fsp3) is 0.267. The van der Waals surface area contributed by atoms with Crippen LogP contribution in [0.5, 0.6) is 0 Å². The Morgan fingerprint density at radius 2 is 2.10 bits per heavy atom. The lowest BCUT2D eigenvalue weighted by molar-refractivity contribution is 0.0618. The SMILES string of the molecule is CC1=C[C@]2(N)N=CC2=C/C1=C/C=C\C=C(/N)C(C)(F)F. The lowest BCUT2D eigenvalue weighted by Crippen LogP contribution is -2.46. The van der Waals surface area contributed by atoms with E-state index >= 15 is 0 Å². The van der Waals surface area contributed by atoms with Gasteiger partial charge in [-0.05, 0) is 36.3 Å². The van der Waals surface area contributed by atoms with E-state index in [-0.39, 0.29) is 0 Å².